The lowest BCUT2D eigenvalue weighted by Gasteiger charge is -2.49. The summed E-state index contributed by atoms with van der Waals surface area (Å²) in [7, 11) is 1.31. The summed E-state index contributed by atoms with van der Waals surface area (Å²) in [6.07, 6.45) is 3.47. The lowest BCUT2D eigenvalue weighted by molar-refractivity contribution is -0.141. The molecule has 10 nitrogen and oxygen atoms in total. The molecule has 2 aliphatic heterocycles. The SMILES string of the molecule is CN1C(=O)[C@]2(Cl)C[C@@H]3C(=CC[C@@H]4C(=O)N(CCCCCC(=O)O)C(=O)[C@@H]43)[C@H](c3ccc(CO)o3)[C@]2(Cl)C1=O. The van der Waals surface area contributed by atoms with E-state index < -0.39 is 51.2 Å². The number of halogens is 2. The summed E-state index contributed by atoms with van der Waals surface area (Å²) in [6, 6.07) is 3.12. The number of unbranched alkanes of at least 4 members (excludes halogenated alkanes) is 2. The maximum Gasteiger partial charge on any atom is 0.303 e. The Morgan fingerprint density at radius 2 is 1.82 bits per heavy atom. The van der Waals surface area contributed by atoms with E-state index in [1.807, 2.05) is 6.08 Å². The molecule has 0 spiro atoms. The maximum atomic E-state index is 13.6. The van der Waals surface area contributed by atoms with Crippen molar-refractivity contribution in [1.29, 1.82) is 0 Å². The summed E-state index contributed by atoms with van der Waals surface area (Å²) in [5.74, 6) is -5.47. The van der Waals surface area contributed by atoms with Crippen LogP contribution in [-0.4, -0.2) is 73.0 Å². The predicted molar refractivity (Wildman–Crippen MR) is 133 cm³/mol. The van der Waals surface area contributed by atoms with Crippen molar-refractivity contribution in [3.8, 4) is 0 Å². The van der Waals surface area contributed by atoms with Gasteiger partial charge in [0.25, 0.3) is 11.8 Å². The van der Waals surface area contributed by atoms with Crippen molar-refractivity contribution in [3.63, 3.8) is 0 Å². The highest BCUT2D eigenvalue weighted by molar-refractivity contribution is 6.53. The van der Waals surface area contributed by atoms with Gasteiger partial charge in [-0.25, -0.2) is 0 Å². The molecule has 2 aliphatic carbocycles. The molecule has 1 aromatic heterocycles. The molecule has 12 heteroatoms. The molecule has 38 heavy (non-hydrogen) atoms. The van der Waals surface area contributed by atoms with Crippen LogP contribution in [0.5, 0.6) is 0 Å². The zero-order valence-electron chi connectivity index (χ0n) is 20.7. The number of fused-ring (bicyclic) bond motifs is 4. The normalized spacial score (nSPS) is 34.4. The second-order valence-electron chi connectivity index (χ2n) is 10.5. The van der Waals surface area contributed by atoms with E-state index in [0.29, 0.717) is 24.8 Å². The third-order valence-corrected chi connectivity index (χ3v) is 9.91. The number of aliphatic hydroxyl groups is 1. The second-order valence-corrected chi connectivity index (χ2v) is 11.7. The highest BCUT2D eigenvalue weighted by atomic mass is 35.5. The second kappa shape index (κ2) is 9.50. The van der Waals surface area contributed by atoms with Crippen LogP contribution in [0.1, 0.15) is 56.0 Å². The first-order chi connectivity index (χ1) is 18.0. The molecule has 1 saturated carbocycles. The molecule has 5 rings (SSSR count). The number of likely N-dealkylation sites (tertiary alicyclic amines) is 2. The minimum atomic E-state index is -1.92. The summed E-state index contributed by atoms with van der Waals surface area (Å²) >= 11 is 14.1. The molecule has 2 saturated heterocycles. The van der Waals surface area contributed by atoms with Crippen LogP contribution in [0, 0.1) is 17.8 Å². The van der Waals surface area contributed by atoms with Crippen LogP contribution in [0.25, 0.3) is 0 Å². The van der Waals surface area contributed by atoms with Crippen molar-refractivity contribution in [2.75, 3.05) is 13.6 Å². The molecular formula is C26H28Cl2N2O8. The number of hydrogen-bond acceptors (Lipinski definition) is 7. The number of carbonyl (C=O) groups is 5. The predicted octanol–water partition coefficient (Wildman–Crippen LogP) is 2.41. The molecule has 0 aromatic carbocycles. The van der Waals surface area contributed by atoms with Crippen molar-refractivity contribution < 1.29 is 38.6 Å². The largest absolute Gasteiger partial charge is 0.481 e. The van der Waals surface area contributed by atoms with Crippen molar-refractivity contribution in [3.05, 3.63) is 35.3 Å². The average molecular weight is 567 g/mol. The number of carbonyl (C=O) groups excluding carboxylic acids is 4. The number of furan rings is 1. The molecule has 0 unspecified atom stereocenters. The van der Waals surface area contributed by atoms with Gasteiger partial charge >= 0.3 is 5.97 Å². The summed E-state index contributed by atoms with van der Waals surface area (Å²) < 4.78 is 5.81. The van der Waals surface area contributed by atoms with Gasteiger partial charge in [0.1, 0.15) is 18.1 Å². The van der Waals surface area contributed by atoms with E-state index in [2.05, 4.69) is 0 Å². The van der Waals surface area contributed by atoms with E-state index in [1.165, 1.54) is 11.9 Å². The van der Waals surface area contributed by atoms with Crippen molar-refractivity contribution in [1.82, 2.24) is 9.80 Å². The van der Waals surface area contributed by atoms with Gasteiger partial charge < -0.3 is 14.6 Å². The minimum Gasteiger partial charge on any atom is -0.481 e. The molecule has 3 heterocycles. The quantitative estimate of drug-likeness (QED) is 0.211. The first-order valence-corrected chi connectivity index (χ1v) is 13.4. The van der Waals surface area contributed by atoms with Crippen LogP contribution in [-0.2, 0) is 30.6 Å². The van der Waals surface area contributed by atoms with Crippen LogP contribution in [0.4, 0.5) is 0 Å². The lowest BCUT2D eigenvalue weighted by atomic mass is 9.57. The number of rotatable bonds is 8. The molecule has 1 aromatic rings. The summed E-state index contributed by atoms with van der Waals surface area (Å²) in [5, 5.41) is 18.4. The Morgan fingerprint density at radius 3 is 2.47 bits per heavy atom. The molecule has 3 fully saturated rings. The van der Waals surface area contributed by atoms with Gasteiger partial charge in [-0.3, -0.25) is 33.8 Å². The Labute approximate surface area is 228 Å². The van der Waals surface area contributed by atoms with Gasteiger partial charge in [0, 0.05) is 20.0 Å². The van der Waals surface area contributed by atoms with Crippen molar-refractivity contribution in [2.45, 2.75) is 60.8 Å². The van der Waals surface area contributed by atoms with Crippen LogP contribution in [0.3, 0.4) is 0 Å². The molecule has 6 atom stereocenters. The monoisotopic (exact) mass is 566 g/mol. The topological polar surface area (TPSA) is 145 Å². The lowest BCUT2D eigenvalue weighted by Crippen LogP contribution is -2.60. The maximum absolute atomic E-state index is 13.6. The number of allylic oxidation sites excluding steroid dienone is 2. The fourth-order valence-electron chi connectivity index (χ4n) is 6.70. The van der Waals surface area contributed by atoms with E-state index in [1.54, 1.807) is 12.1 Å². The van der Waals surface area contributed by atoms with Gasteiger partial charge in [-0.15, -0.1) is 23.2 Å². The average Bonchev–Trinajstić information content (AvgIpc) is 3.48. The Balaban J connectivity index is 1.50. The highest BCUT2D eigenvalue weighted by Gasteiger charge is 2.76. The van der Waals surface area contributed by atoms with E-state index >= 15 is 0 Å². The smallest absolute Gasteiger partial charge is 0.303 e. The van der Waals surface area contributed by atoms with Gasteiger partial charge in [-0.05, 0) is 43.7 Å². The van der Waals surface area contributed by atoms with E-state index in [9.17, 15) is 29.1 Å². The van der Waals surface area contributed by atoms with Gasteiger partial charge in [-0.2, -0.15) is 0 Å². The Hall–Kier alpha value is -2.69. The molecule has 2 N–H and O–H groups in total. The number of aliphatic carboxylic acids is 1. The number of hydrogen-bond donors (Lipinski definition) is 2. The number of carboxylic acids is 1. The zero-order chi connectivity index (χ0) is 27.6. The first-order valence-electron chi connectivity index (χ1n) is 12.6. The van der Waals surface area contributed by atoms with Crippen molar-refractivity contribution in [2.24, 2.45) is 17.8 Å². The summed E-state index contributed by atoms with van der Waals surface area (Å²) in [6.45, 7) is -0.207. The van der Waals surface area contributed by atoms with Crippen LogP contribution < -0.4 is 0 Å². The van der Waals surface area contributed by atoms with E-state index in [-0.39, 0.29) is 55.7 Å². The van der Waals surface area contributed by atoms with Gasteiger partial charge in [0.05, 0.1) is 17.8 Å². The standard InChI is InChI=1S/C26H28Cl2N2O8/c1-29-23(36)25(27)11-16-14(20(26(25,28)24(29)37)17-9-6-13(12-31)38-17)7-8-15-19(16)22(35)30(21(15)34)10-4-2-3-5-18(32)33/h6-7,9,15-16,19-20,31H,2-5,8,10-12H2,1H3,(H,32,33)/t15-,16+,19-,20+,25+,26-/m0/s1. The first kappa shape index (κ1) is 26.9. The third kappa shape index (κ3) is 3.67. The van der Waals surface area contributed by atoms with E-state index in [0.717, 1.165) is 4.90 Å². The van der Waals surface area contributed by atoms with Crippen LogP contribution in [0.2, 0.25) is 0 Å². The zero-order valence-corrected chi connectivity index (χ0v) is 22.2. The fourth-order valence-corrected chi connectivity index (χ4v) is 7.70. The van der Waals surface area contributed by atoms with Crippen LogP contribution in [0.15, 0.2) is 28.2 Å². The summed E-state index contributed by atoms with van der Waals surface area (Å²) in [5.41, 5.74) is 0.622. The highest BCUT2D eigenvalue weighted by Crippen LogP contribution is 2.65. The van der Waals surface area contributed by atoms with Crippen molar-refractivity contribution >= 4 is 52.8 Å². The summed E-state index contributed by atoms with van der Waals surface area (Å²) in [4.78, 5) is 62.8. The third-order valence-electron chi connectivity index (χ3n) is 8.50. The number of aliphatic hydroxyl groups excluding tert-OH is 1. The molecule has 0 bridgehead atoms. The Morgan fingerprint density at radius 1 is 1.08 bits per heavy atom. The number of carboxylic acid groups (broad SMARTS) is 1. The number of amides is 4. The fraction of sp³-hybridized carbons (Fsp3) is 0.577. The molecule has 4 amide bonds. The van der Waals surface area contributed by atoms with E-state index in [4.69, 9.17) is 32.7 Å². The van der Waals surface area contributed by atoms with Gasteiger partial charge in [0.2, 0.25) is 11.8 Å². The van der Waals surface area contributed by atoms with Crippen LogP contribution >= 0.6 is 23.2 Å². The number of alkyl halides is 2. The van der Waals surface area contributed by atoms with Gasteiger partial charge in [0.15, 0.2) is 9.75 Å². The molecule has 204 valence electrons. The number of imide groups is 2. The number of nitrogens with zero attached hydrogens (tertiary/aromatic N) is 2. The minimum absolute atomic E-state index is 0.0217. The Bertz CT molecular complexity index is 1260. The molecular weight excluding hydrogens is 539 g/mol. The molecule has 4 aliphatic rings. The van der Waals surface area contributed by atoms with Gasteiger partial charge in [-0.1, -0.05) is 18.1 Å². The molecule has 0 radical (unpaired) electrons. The Kier molecular flexibility index (Phi) is 6.72.